The molecule has 0 saturated heterocycles. The number of hydrogen-bond donors (Lipinski definition) is 2. The molecule has 0 aliphatic heterocycles. The normalized spacial score (nSPS) is 10.3. The molecule has 0 aliphatic carbocycles. The number of rotatable bonds is 8. The molecule has 0 saturated carbocycles. The summed E-state index contributed by atoms with van der Waals surface area (Å²) in [6.45, 7) is 0.398. The van der Waals surface area contributed by atoms with Gasteiger partial charge in [-0.15, -0.1) is 0 Å². The highest BCUT2D eigenvalue weighted by Crippen LogP contribution is 2.11. The average Bonchev–Trinajstić information content (AvgIpc) is 3.06. The Labute approximate surface area is 137 Å². The van der Waals surface area contributed by atoms with Crippen molar-refractivity contribution in [2.45, 2.75) is 5.75 Å². The summed E-state index contributed by atoms with van der Waals surface area (Å²) in [4.78, 5) is 23.4. The van der Waals surface area contributed by atoms with E-state index in [0.29, 0.717) is 12.1 Å². The molecular formula is C16H17FN2O3S. The third kappa shape index (κ3) is 6.15. The first-order chi connectivity index (χ1) is 11.1. The molecule has 0 atom stereocenters. The van der Waals surface area contributed by atoms with Gasteiger partial charge in [-0.1, -0.05) is 0 Å². The van der Waals surface area contributed by atoms with Gasteiger partial charge >= 0.3 is 0 Å². The van der Waals surface area contributed by atoms with Crippen molar-refractivity contribution >= 4 is 23.6 Å². The van der Waals surface area contributed by atoms with Gasteiger partial charge in [0, 0.05) is 17.9 Å². The quantitative estimate of drug-likeness (QED) is 0.725. The van der Waals surface area contributed by atoms with E-state index < -0.39 is 11.7 Å². The van der Waals surface area contributed by atoms with E-state index >= 15 is 0 Å². The maximum Gasteiger partial charge on any atom is 0.251 e. The first kappa shape index (κ1) is 17.1. The summed E-state index contributed by atoms with van der Waals surface area (Å²) in [5.74, 6) is 1.31. The molecule has 7 heteroatoms. The predicted octanol–water partition coefficient (Wildman–Crippen LogP) is 2.20. The van der Waals surface area contributed by atoms with Crippen LogP contribution in [0.3, 0.4) is 0 Å². The van der Waals surface area contributed by atoms with Crippen LogP contribution >= 0.6 is 11.8 Å². The van der Waals surface area contributed by atoms with Gasteiger partial charge in [0.2, 0.25) is 5.91 Å². The van der Waals surface area contributed by atoms with Gasteiger partial charge in [-0.05, 0) is 36.4 Å². The molecule has 2 N–H and O–H groups in total. The maximum atomic E-state index is 12.8. The number of nitrogens with one attached hydrogen (secondary N) is 2. The van der Waals surface area contributed by atoms with E-state index in [0.717, 1.165) is 17.3 Å². The summed E-state index contributed by atoms with van der Waals surface area (Å²) in [6, 6.07) is 8.87. The summed E-state index contributed by atoms with van der Waals surface area (Å²) < 4.78 is 17.9. The Hall–Kier alpha value is -2.28. The summed E-state index contributed by atoms with van der Waals surface area (Å²) >= 11 is 1.64. The van der Waals surface area contributed by atoms with Crippen molar-refractivity contribution in [2.24, 2.45) is 0 Å². The molecule has 1 aromatic carbocycles. The van der Waals surface area contributed by atoms with Crippen LogP contribution in [0.15, 0.2) is 47.1 Å². The molecule has 1 heterocycles. The summed E-state index contributed by atoms with van der Waals surface area (Å²) in [5.41, 5.74) is 0.313. The lowest BCUT2D eigenvalue weighted by Crippen LogP contribution is -2.37. The molecule has 2 amide bonds. The molecular weight excluding hydrogens is 319 g/mol. The van der Waals surface area contributed by atoms with E-state index in [1.54, 1.807) is 18.0 Å². The third-order valence-corrected chi connectivity index (χ3v) is 3.89. The van der Waals surface area contributed by atoms with Crippen LogP contribution in [0.25, 0.3) is 0 Å². The van der Waals surface area contributed by atoms with Crippen LogP contribution in [0.2, 0.25) is 0 Å². The molecule has 5 nitrogen and oxygen atoms in total. The Morgan fingerprint density at radius 2 is 1.91 bits per heavy atom. The number of thioether (sulfide) groups is 1. The predicted molar refractivity (Wildman–Crippen MR) is 86.6 cm³/mol. The Morgan fingerprint density at radius 3 is 2.61 bits per heavy atom. The highest BCUT2D eigenvalue weighted by Gasteiger charge is 2.07. The second-order valence-electron chi connectivity index (χ2n) is 4.67. The fraction of sp³-hybridized carbons (Fsp3) is 0.250. The van der Waals surface area contributed by atoms with Crippen molar-refractivity contribution in [3.8, 4) is 0 Å². The van der Waals surface area contributed by atoms with Gasteiger partial charge in [0.15, 0.2) is 0 Å². The lowest BCUT2D eigenvalue weighted by Gasteiger charge is -2.07. The van der Waals surface area contributed by atoms with E-state index in [1.807, 2.05) is 12.1 Å². The number of benzene rings is 1. The van der Waals surface area contributed by atoms with Crippen LogP contribution in [-0.4, -0.2) is 30.7 Å². The largest absolute Gasteiger partial charge is 0.468 e. The van der Waals surface area contributed by atoms with Gasteiger partial charge in [0.1, 0.15) is 11.6 Å². The van der Waals surface area contributed by atoms with Crippen molar-refractivity contribution in [3.63, 3.8) is 0 Å². The second kappa shape index (κ2) is 8.99. The van der Waals surface area contributed by atoms with Crippen LogP contribution < -0.4 is 10.6 Å². The second-order valence-corrected chi connectivity index (χ2v) is 5.78. The molecule has 1 aromatic heterocycles. The van der Waals surface area contributed by atoms with E-state index in [-0.39, 0.29) is 12.5 Å². The Kier molecular flexibility index (Phi) is 6.68. The first-order valence-corrected chi connectivity index (χ1v) is 8.21. The van der Waals surface area contributed by atoms with Gasteiger partial charge < -0.3 is 15.1 Å². The van der Waals surface area contributed by atoms with Gasteiger partial charge in [0.05, 0.1) is 18.6 Å². The molecule has 0 aliphatic rings. The molecule has 0 spiro atoms. The molecule has 0 fully saturated rings. The van der Waals surface area contributed by atoms with Crippen molar-refractivity contribution in [1.82, 2.24) is 10.6 Å². The van der Waals surface area contributed by atoms with Gasteiger partial charge in [0.25, 0.3) is 5.91 Å². The zero-order valence-corrected chi connectivity index (χ0v) is 13.2. The summed E-state index contributed by atoms with van der Waals surface area (Å²) in [5, 5.41) is 5.20. The Balaban J connectivity index is 1.57. The van der Waals surface area contributed by atoms with Gasteiger partial charge in [-0.3, -0.25) is 9.59 Å². The zero-order valence-electron chi connectivity index (χ0n) is 12.4. The molecule has 23 heavy (non-hydrogen) atoms. The van der Waals surface area contributed by atoms with E-state index in [1.165, 1.54) is 24.3 Å². The zero-order chi connectivity index (χ0) is 16.5. The minimum absolute atomic E-state index is 0.112. The van der Waals surface area contributed by atoms with Gasteiger partial charge in [-0.25, -0.2) is 4.39 Å². The highest BCUT2D eigenvalue weighted by atomic mass is 32.2. The summed E-state index contributed by atoms with van der Waals surface area (Å²) in [6.07, 6.45) is 1.63. The van der Waals surface area contributed by atoms with Crippen molar-refractivity contribution in [1.29, 1.82) is 0 Å². The van der Waals surface area contributed by atoms with Crippen molar-refractivity contribution < 1.29 is 18.4 Å². The average molecular weight is 336 g/mol. The monoisotopic (exact) mass is 336 g/mol. The van der Waals surface area contributed by atoms with Crippen LogP contribution in [0.4, 0.5) is 4.39 Å². The Morgan fingerprint density at radius 1 is 1.13 bits per heavy atom. The standard InChI is InChI=1S/C16H17FN2O3S/c17-13-5-3-12(4-6-13)16(21)19-10-15(20)18-7-9-23-11-14-2-1-8-22-14/h1-6,8H,7,9-11H2,(H,18,20)(H,19,21). The van der Waals surface area contributed by atoms with Crippen molar-refractivity contribution in [3.05, 3.63) is 59.8 Å². The molecule has 0 unspecified atom stereocenters. The number of hydrogen-bond acceptors (Lipinski definition) is 4. The number of carbonyl (C=O) groups excluding carboxylic acids is 2. The number of amides is 2. The molecule has 2 rings (SSSR count). The highest BCUT2D eigenvalue weighted by molar-refractivity contribution is 7.98. The molecule has 0 radical (unpaired) electrons. The fourth-order valence-electron chi connectivity index (χ4n) is 1.76. The van der Waals surface area contributed by atoms with Gasteiger partial charge in [-0.2, -0.15) is 11.8 Å². The maximum absolute atomic E-state index is 12.8. The number of halogens is 1. The smallest absolute Gasteiger partial charge is 0.251 e. The van der Waals surface area contributed by atoms with Crippen LogP contribution in [0, 0.1) is 5.82 Å². The lowest BCUT2D eigenvalue weighted by molar-refractivity contribution is -0.120. The van der Waals surface area contributed by atoms with E-state index in [4.69, 9.17) is 4.42 Å². The molecule has 122 valence electrons. The third-order valence-electron chi connectivity index (χ3n) is 2.91. The minimum Gasteiger partial charge on any atom is -0.468 e. The minimum atomic E-state index is -0.411. The molecule has 0 bridgehead atoms. The molecule has 2 aromatic rings. The van der Waals surface area contributed by atoms with E-state index in [2.05, 4.69) is 10.6 Å². The number of furan rings is 1. The van der Waals surface area contributed by atoms with Crippen LogP contribution in [0.5, 0.6) is 0 Å². The number of carbonyl (C=O) groups is 2. The Bertz CT molecular complexity index is 629. The fourth-order valence-corrected chi connectivity index (χ4v) is 2.51. The SMILES string of the molecule is O=C(CNC(=O)c1ccc(F)cc1)NCCSCc1ccco1. The van der Waals surface area contributed by atoms with Crippen LogP contribution in [0.1, 0.15) is 16.1 Å². The lowest BCUT2D eigenvalue weighted by atomic mass is 10.2. The van der Waals surface area contributed by atoms with E-state index in [9.17, 15) is 14.0 Å². The van der Waals surface area contributed by atoms with Crippen LogP contribution in [-0.2, 0) is 10.5 Å². The summed E-state index contributed by atoms with van der Waals surface area (Å²) in [7, 11) is 0. The van der Waals surface area contributed by atoms with Crippen molar-refractivity contribution in [2.75, 3.05) is 18.8 Å². The topological polar surface area (TPSA) is 71.3 Å². The first-order valence-electron chi connectivity index (χ1n) is 7.06.